The number of hydrogen-bond acceptors (Lipinski definition) is 4. The molecule has 0 aliphatic carbocycles. The second-order valence-electron chi connectivity index (χ2n) is 5.49. The van der Waals surface area contributed by atoms with Crippen LogP contribution in [0.15, 0.2) is 6.20 Å². The van der Waals surface area contributed by atoms with Gasteiger partial charge in [-0.1, -0.05) is 6.92 Å². The number of thiazole rings is 1. The zero-order chi connectivity index (χ0) is 15.4. The molecule has 6 heteroatoms. The van der Waals surface area contributed by atoms with Crippen molar-refractivity contribution in [1.29, 1.82) is 0 Å². The van der Waals surface area contributed by atoms with Gasteiger partial charge in [-0.2, -0.15) is 0 Å². The van der Waals surface area contributed by atoms with Crippen LogP contribution in [0.3, 0.4) is 0 Å². The standard InChI is InChI=1S/C15H23N3O2S/c1-4-12(18-8-5-6-14(18)19)15(20)17(3)9-7-13-16-10-11(2)21-13/h10,12H,4-9H2,1-3H3. The Kier molecular flexibility index (Phi) is 5.33. The van der Waals surface area contributed by atoms with E-state index < -0.39 is 0 Å². The fraction of sp³-hybridized carbons (Fsp3) is 0.667. The normalized spacial score (nSPS) is 16.3. The molecule has 1 aliphatic heterocycles. The van der Waals surface area contributed by atoms with Crippen molar-refractivity contribution in [3.63, 3.8) is 0 Å². The SMILES string of the molecule is CCC(C(=O)N(C)CCc1ncc(C)s1)N1CCCC1=O. The van der Waals surface area contributed by atoms with E-state index in [1.165, 1.54) is 4.88 Å². The van der Waals surface area contributed by atoms with Gasteiger partial charge in [-0.3, -0.25) is 9.59 Å². The van der Waals surface area contributed by atoms with Gasteiger partial charge in [0.05, 0.1) is 5.01 Å². The molecule has 0 aromatic carbocycles. The van der Waals surface area contributed by atoms with Crippen molar-refractivity contribution in [3.8, 4) is 0 Å². The number of carbonyl (C=O) groups is 2. The maximum Gasteiger partial charge on any atom is 0.245 e. The van der Waals surface area contributed by atoms with Gasteiger partial charge in [0.25, 0.3) is 0 Å². The molecular formula is C15H23N3O2S. The fourth-order valence-corrected chi connectivity index (χ4v) is 3.45. The molecule has 116 valence electrons. The van der Waals surface area contributed by atoms with E-state index in [-0.39, 0.29) is 17.9 Å². The molecule has 2 amide bonds. The molecule has 0 spiro atoms. The molecule has 0 saturated carbocycles. The summed E-state index contributed by atoms with van der Waals surface area (Å²) in [5.74, 6) is 0.153. The number of nitrogens with zero attached hydrogens (tertiary/aromatic N) is 3. The summed E-state index contributed by atoms with van der Waals surface area (Å²) in [7, 11) is 1.81. The summed E-state index contributed by atoms with van der Waals surface area (Å²) in [5.41, 5.74) is 0. The van der Waals surface area contributed by atoms with E-state index in [4.69, 9.17) is 0 Å². The number of aryl methyl sites for hydroxylation is 1. The van der Waals surface area contributed by atoms with Crippen LogP contribution in [0.2, 0.25) is 0 Å². The van der Waals surface area contributed by atoms with Gasteiger partial charge in [-0.05, 0) is 19.8 Å². The van der Waals surface area contributed by atoms with Gasteiger partial charge >= 0.3 is 0 Å². The van der Waals surface area contributed by atoms with E-state index in [0.717, 1.165) is 17.8 Å². The zero-order valence-electron chi connectivity index (χ0n) is 13.0. The monoisotopic (exact) mass is 309 g/mol. The third kappa shape index (κ3) is 3.81. The lowest BCUT2D eigenvalue weighted by Crippen LogP contribution is -2.48. The maximum atomic E-state index is 12.5. The van der Waals surface area contributed by atoms with Gasteiger partial charge in [0.2, 0.25) is 11.8 Å². The van der Waals surface area contributed by atoms with Gasteiger partial charge < -0.3 is 9.80 Å². The predicted molar refractivity (Wildman–Crippen MR) is 83.2 cm³/mol. The van der Waals surface area contributed by atoms with Crippen LogP contribution in [-0.2, 0) is 16.0 Å². The quantitative estimate of drug-likeness (QED) is 0.806. The first-order chi connectivity index (χ1) is 10.0. The van der Waals surface area contributed by atoms with Gasteiger partial charge in [0, 0.05) is 44.1 Å². The topological polar surface area (TPSA) is 53.5 Å². The van der Waals surface area contributed by atoms with Gasteiger partial charge in [0.15, 0.2) is 0 Å². The highest BCUT2D eigenvalue weighted by molar-refractivity contribution is 7.11. The first-order valence-electron chi connectivity index (χ1n) is 7.48. The molecule has 0 radical (unpaired) electrons. The highest BCUT2D eigenvalue weighted by Crippen LogP contribution is 2.18. The second-order valence-corrected chi connectivity index (χ2v) is 6.81. The van der Waals surface area contributed by atoms with Crippen molar-refractivity contribution < 1.29 is 9.59 Å². The highest BCUT2D eigenvalue weighted by atomic mass is 32.1. The van der Waals surface area contributed by atoms with Crippen LogP contribution in [0.1, 0.15) is 36.1 Å². The number of aromatic nitrogens is 1. The van der Waals surface area contributed by atoms with Crippen molar-refractivity contribution >= 4 is 23.2 Å². The molecule has 1 fully saturated rings. The van der Waals surface area contributed by atoms with Crippen molar-refractivity contribution in [2.75, 3.05) is 20.1 Å². The van der Waals surface area contributed by atoms with E-state index in [9.17, 15) is 9.59 Å². The van der Waals surface area contributed by atoms with E-state index in [1.807, 2.05) is 27.1 Å². The summed E-state index contributed by atoms with van der Waals surface area (Å²) in [6.45, 7) is 5.35. The summed E-state index contributed by atoms with van der Waals surface area (Å²) in [5, 5.41) is 1.05. The smallest absolute Gasteiger partial charge is 0.245 e. The van der Waals surface area contributed by atoms with Crippen LogP contribution in [0.5, 0.6) is 0 Å². The Morgan fingerprint density at radius 2 is 2.33 bits per heavy atom. The van der Waals surface area contributed by atoms with Crippen molar-refractivity contribution in [1.82, 2.24) is 14.8 Å². The average molecular weight is 309 g/mol. The summed E-state index contributed by atoms with van der Waals surface area (Å²) in [4.78, 5) is 33.4. The molecule has 5 nitrogen and oxygen atoms in total. The van der Waals surface area contributed by atoms with Crippen LogP contribution in [0.4, 0.5) is 0 Å². The van der Waals surface area contributed by atoms with Crippen LogP contribution in [-0.4, -0.2) is 52.8 Å². The Hall–Kier alpha value is -1.43. The van der Waals surface area contributed by atoms with Crippen molar-refractivity contribution in [2.45, 2.75) is 45.6 Å². The Labute approximate surface area is 130 Å². The van der Waals surface area contributed by atoms with E-state index in [0.29, 0.717) is 25.9 Å². The average Bonchev–Trinajstić information content (AvgIpc) is 3.06. The number of carbonyl (C=O) groups excluding carboxylic acids is 2. The van der Waals surface area contributed by atoms with Crippen molar-refractivity contribution in [2.24, 2.45) is 0 Å². The third-order valence-electron chi connectivity index (χ3n) is 3.86. The summed E-state index contributed by atoms with van der Waals surface area (Å²) in [6, 6.07) is -0.303. The molecule has 1 aromatic heterocycles. The molecule has 2 rings (SSSR count). The number of rotatable bonds is 6. The lowest BCUT2D eigenvalue weighted by Gasteiger charge is -2.29. The Balaban J connectivity index is 1.92. The van der Waals surface area contributed by atoms with E-state index in [1.54, 1.807) is 21.1 Å². The minimum Gasteiger partial charge on any atom is -0.344 e. The Bertz CT molecular complexity index is 515. The summed E-state index contributed by atoms with van der Waals surface area (Å²) in [6.07, 6.45) is 4.74. The van der Waals surface area contributed by atoms with Crippen LogP contribution >= 0.6 is 11.3 Å². The molecule has 2 heterocycles. The van der Waals surface area contributed by atoms with Gasteiger partial charge in [0.1, 0.15) is 6.04 Å². The van der Waals surface area contributed by atoms with Crippen LogP contribution in [0, 0.1) is 6.92 Å². The minimum atomic E-state index is -0.303. The second kappa shape index (κ2) is 7.02. The maximum absolute atomic E-state index is 12.5. The molecular weight excluding hydrogens is 286 g/mol. The number of likely N-dealkylation sites (N-methyl/N-ethyl adjacent to an activating group) is 1. The van der Waals surface area contributed by atoms with Gasteiger partial charge in [-0.25, -0.2) is 4.98 Å². The third-order valence-corrected chi connectivity index (χ3v) is 4.84. The number of likely N-dealkylation sites (tertiary alicyclic amines) is 1. The molecule has 1 saturated heterocycles. The van der Waals surface area contributed by atoms with Crippen LogP contribution in [0.25, 0.3) is 0 Å². The molecule has 0 bridgehead atoms. The lowest BCUT2D eigenvalue weighted by molar-refractivity contribution is -0.142. The summed E-state index contributed by atoms with van der Waals surface area (Å²) < 4.78 is 0. The summed E-state index contributed by atoms with van der Waals surface area (Å²) >= 11 is 1.67. The largest absolute Gasteiger partial charge is 0.344 e. The van der Waals surface area contributed by atoms with Crippen molar-refractivity contribution in [3.05, 3.63) is 16.1 Å². The molecule has 1 atom stereocenters. The zero-order valence-corrected chi connectivity index (χ0v) is 13.8. The molecule has 1 aromatic rings. The predicted octanol–water partition coefficient (Wildman–Crippen LogP) is 1.85. The molecule has 1 unspecified atom stereocenters. The first kappa shape index (κ1) is 15.9. The molecule has 1 aliphatic rings. The Morgan fingerprint density at radius 1 is 1.57 bits per heavy atom. The lowest BCUT2D eigenvalue weighted by atomic mass is 10.1. The van der Waals surface area contributed by atoms with Crippen LogP contribution < -0.4 is 0 Å². The van der Waals surface area contributed by atoms with E-state index in [2.05, 4.69) is 4.98 Å². The first-order valence-corrected chi connectivity index (χ1v) is 8.30. The fourth-order valence-electron chi connectivity index (χ4n) is 2.67. The Morgan fingerprint density at radius 3 is 2.86 bits per heavy atom. The number of amides is 2. The highest BCUT2D eigenvalue weighted by Gasteiger charge is 2.32. The van der Waals surface area contributed by atoms with E-state index >= 15 is 0 Å². The number of hydrogen-bond donors (Lipinski definition) is 0. The minimum absolute atomic E-state index is 0.0426. The molecule has 21 heavy (non-hydrogen) atoms. The van der Waals surface area contributed by atoms with Gasteiger partial charge in [-0.15, -0.1) is 11.3 Å². The molecule has 0 N–H and O–H groups in total.